The van der Waals surface area contributed by atoms with E-state index in [0.717, 1.165) is 30.3 Å². The van der Waals surface area contributed by atoms with Crippen LogP contribution in [0.15, 0.2) is 6.33 Å². The fourth-order valence-corrected chi connectivity index (χ4v) is 2.82. The van der Waals surface area contributed by atoms with Gasteiger partial charge in [-0.25, -0.2) is 9.97 Å². The van der Waals surface area contributed by atoms with Crippen LogP contribution in [0.4, 0.5) is 11.6 Å². The molecule has 18 heavy (non-hydrogen) atoms. The molecule has 100 valence electrons. The molecule has 0 saturated heterocycles. The summed E-state index contributed by atoms with van der Waals surface area (Å²) in [6.07, 6.45) is 10.7. The lowest BCUT2D eigenvalue weighted by atomic mass is 10.0. The largest absolute Gasteiger partial charge is 0.383 e. The van der Waals surface area contributed by atoms with E-state index in [1.165, 1.54) is 44.9 Å². The first-order valence-electron chi connectivity index (χ1n) is 7.14. The van der Waals surface area contributed by atoms with Crippen molar-refractivity contribution in [1.29, 1.82) is 0 Å². The van der Waals surface area contributed by atoms with E-state index in [9.17, 15) is 0 Å². The highest BCUT2D eigenvalue weighted by atomic mass is 15.0. The van der Waals surface area contributed by atoms with Gasteiger partial charge in [0.25, 0.3) is 0 Å². The van der Waals surface area contributed by atoms with Crippen molar-refractivity contribution >= 4 is 11.6 Å². The number of rotatable bonds is 6. The predicted molar refractivity (Wildman–Crippen MR) is 75.5 cm³/mol. The van der Waals surface area contributed by atoms with Crippen molar-refractivity contribution in [2.75, 3.05) is 17.6 Å². The first-order valence-corrected chi connectivity index (χ1v) is 7.14. The van der Waals surface area contributed by atoms with Crippen molar-refractivity contribution in [3.05, 3.63) is 11.9 Å². The molecule has 1 aliphatic carbocycles. The summed E-state index contributed by atoms with van der Waals surface area (Å²) in [6.45, 7) is 3.07. The number of anilines is 2. The minimum absolute atomic E-state index is 0.603. The van der Waals surface area contributed by atoms with Crippen molar-refractivity contribution < 1.29 is 0 Å². The van der Waals surface area contributed by atoms with Crippen LogP contribution in [0, 0.1) is 5.92 Å². The van der Waals surface area contributed by atoms with E-state index in [0.29, 0.717) is 5.82 Å². The Morgan fingerprint density at radius 2 is 2.11 bits per heavy atom. The Balaban J connectivity index is 1.77. The highest BCUT2D eigenvalue weighted by Crippen LogP contribution is 2.28. The molecule has 1 aliphatic rings. The number of nitrogens with one attached hydrogen (secondary N) is 1. The van der Waals surface area contributed by atoms with Gasteiger partial charge in [-0.05, 0) is 25.2 Å². The van der Waals surface area contributed by atoms with Crippen LogP contribution in [0.3, 0.4) is 0 Å². The topological polar surface area (TPSA) is 63.8 Å². The molecule has 0 unspecified atom stereocenters. The Labute approximate surface area is 109 Å². The van der Waals surface area contributed by atoms with E-state index in [1.807, 2.05) is 0 Å². The van der Waals surface area contributed by atoms with E-state index in [1.54, 1.807) is 0 Å². The SMILES string of the molecule is CCc1c(N)ncnc1NCCCC1CCCC1. The molecule has 3 N–H and O–H groups in total. The van der Waals surface area contributed by atoms with Crippen LogP contribution >= 0.6 is 0 Å². The second-order valence-corrected chi connectivity index (χ2v) is 5.16. The first-order chi connectivity index (χ1) is 8.81. The number of aromatic nitrogens is 2. The van der Waals surface area contributed by atoms with Gasteiger partial charge in [0.2, 0.25) is 0 Å². The molecule has 1 heterocycles. The predicted octanol–water partition coefficient (Wildman–Crippen LogP) is 3.00. The Hall–Kier alpha value is -1.32. The zero-order valence-corrected chi connectivity index (χ0v) is 11.3. The van der Waals surface area contributed by atoms with Crippen LogP contribution in [-0.2, 0) is 6.42 Å². The molecule has 2 rings (SSSR count). The van der Waals surface area contributed by atoms with E-state index >= 15 is 0 Å². The lowest BCUT2D eigenvalue weighted by molar-refractivity contribution is 0.491. The molecule has 0 amide bonds. The maximum absolute atomic E-state index is 5.84. The minimum atomic E-state index is 0.603. The fraction of sp³-hybridized carbons (Fsp3) is 0.714. The van der Waals surface area contributed by atoms with Crippen molar-refractivity contribution in [2.45, 2.75) is 51.9 Å². The zero-order chi connectivity index (χ0) is 12.8. The molecule has 0 atom stereocenters. The zero-order valence-electron chi connectivity index (χ0n) is 11.3. The van der Waals surface area contributed by atoms with Gasteiger partial charge >= 0.3 is 0 Å². The smallest absolute Gasteiger partial charge is 0.134 e. The molecule has 0 aromatic carbocycles. The molecule has 0 spiro atoms. The second kappa shape index (κ2) is 6.57. The van der Waals surface area contributed by atoms with Crippen molar-refractivity contribution in [3.8, 4) is 0 Å². The van der Waals surface area contributed by atoms with Gasteiger partial charge in [0.1, 0.15) is 18.0 Å². The van der Waals surface area contributed by atoms with Gasteiger partial charge in [-0.1, -0.05) is 32.6 Å². The van der Waals surface area contributed by atoms with E-state index in [2.05, 4.69) is 22.2 Å². The Bertz CT molecular complexity index is 372. The van der Waals surface area contributed by atoms with Crippen LogP contribution in [0.5, 0.6) is 0 Å². The first kappa shape index (κ1) is 13.1. The Kier molecular flexibility index (Phi) is 4.79. The maximum Gasteiger partial charge on any atom is 0.134 e. The summed E-state index contributed by atoms with van der Waals surface area (Å²) in [7, 11) is 0. The normalized spacial score (nSPS) is 16.1. The Morgan fingerprint density at radius 1 is 1.33 bits per heavy atom. The number of hydrogen-bond acceptors (Lipinski definition) is 4. The van der Waals surface area contributed by atoms with Crippen LogP contribution < -0.4 is 11.1 Å². The number of hydrogen-bond donors (Lipinski definition) is 2. The molecule has 1 fully saturated rings. The van der Waals surface area contributed by atoms with Crippen molar-refractivity contribution in [2.24, 2.45) is 5.92 Å². The second-order valence-electron chi connectivity index (χ2n) is 5.16. The van der Waals surface area contributed by atoms with Crippen molar-refractivity contribution in [3.63, 3.8) is 0 Å². The molecule has 4 heteroatoms. The highest BCUT2D eigenvalue weighted by Gasteiger charge is 2.14. The average molecular weight is 248 g/mol. The summed E-state index contributed by atoms with van der Waals surface area (Å²) in [5.41, 5.74) is 6.88. The van der Waals surface area contributed by atoms with Crippen LogP contribution in [-0.4, -0.2) is 16.5 Å². The summed E-state index contributed by atoms with van der Waals surface area (Å²) in [5, 5.41) is 3.40. The standard InChI is InChI=1S/C14H24N4/c1-2-12-13(15)17-10-18-14(12)16-9-5-8-11-6-3-4-7-11/h10-11H,2-9H2,1H3,(H3,15,16,17,18). The van der Waals surface area contributed by atoms with Gasteiger partial charge in [-0.2, -0.15) is 0 Å². The summed E-state index contributed by atoms with van der Waals surface area (Å²) >= 11 is 0. The molecular weight excluding hydrogens is 224 g/mol. The van der Waals surface area contributed by atoms with Crippen LogP contribution in [0.1, 0.15) is 51.0 Å². The molecule has 0 aliphatic heterocycles. The molecule has 0 radical (unpaired) electrons. The third-order valence-corrected chi connectivity index (χ3v) is 3.89. The Morgan fingerprint density at radius 3 is 2.83 bits per heavy atom. The molecule has 1 saturated carbocycles. The molecule has 4 nitrogen and oxygen atoms in total. The van der Waals surface area contributed by atoms with Gasteiger partial charge in [-0.15, -0.1) is 0 Å². The van der Waals surface area contributed by atoms with E-state index < -0.39 is 0 Å². The number of nitrogen functional groups attached to an aromatic ring is 1. The summed E-state index contributed by atoms with van der Waals surface area (Å²) in [5.74, 6) is 2.48. The minimum Gasteiger partial charge on any atom is -0.383 e. The van der Waals surface area contributed by atoms with Crippen molar-refractivity contribution in [1.82, 2.24) is 9.97 Å². The average Bonchev–Trinajstić information content (AvgIpc) is 2.88. The summed E-state index contributed by atoms with van der Waals surface area (Å²) in [4.78, 5) is 8.31. The monoisotopic (exact) mass is 248 g/mol. The lowest BCUT2D eigenvalue weighted by Crippen LogP contribution is -2.10. The van der Waals surface area contributed by atoms with Crippen LogP contribution in [0.25, 0.3) is 0 Å². The fourth-order valence-electron chi connectivity index (χ4n) is 2.82. The third-order valence-electron chi connectivity index (χ3n) is 3.89. The van der Waals surface area contributed by atoms with Gasteiger partial charge in [0.15, 0.2) is 0 Å². The van der Waals surface area contributed by atoms with Crippen LogP contribution in [0.2, 0.25) is 0 Å². The quantitative estimate of drug-likeness (QED) is 0.760. The highest BCUT2D eigenvalue weighted by molar-refractivity contribution is 5.54. The molecule has 0 bridgehead atoms. The number of nitrogens with two attached hydrogens (primary N) is 1. The van der Waals surface area contributed by atoms with Gasteiger partial charge in [-0.3, -0.25) is 0 Å². The summed E-state index contributed by atoms with van der Waals surface area (Å²) in [6, 6.07) is 0. The number of nitrogens with zero attached hydrogens (tertiary/aromatic N) is 2. The molecular formula is C14H24N4. The molecule has 1 aromatic heterocycles. The van der Waals surface area contributed by atoms with Gasteiger partial charge in [0.05, 0.1) is 0 Å². The molecule has 1 aromatic rings. The maximum atomic E-state index is 5.84. The summed E-state index contributed by atoms with van der Waals surface area (Å²) < 4.78 is 0. The van der Waals surface area contributed by atoms with E-state index in [4.69, 9.17) is 5.73 Å². The van der Waals surface area contributed by atoms with Gasteiger partial charge < -0.3 is 11.1 Å². The van der Waals surface area contributed by atoms with E-state index in [-0.39, 0.29) is 0 Å². The lowest BCUT2D eigenvalue weighted by Gasteiger charge is -2.12. The third kappa shape index (κ3) is 3.34. The van der Waals surface area contributed by atoms with Gasteiger partial charge in [0, 0.05) is 12.1 Å².